The van der Waals surface area contributed by atoms with Crippen molar-refractivity contribution in [2.75, 3.05) is 10.5 Å². The van der Waals surface area contributed by atoms with E-state index < -0.39 is 10.0 Å². The van der Waals surface area contributed by atoms with Crippen LogP contribution in [0.4, 0.5) is 11.4 Å². The average Bonchev–Trinajstić information content (AvgIpc) is 2.38. The van der Waals surface area contributed by atoms with E-state index in [1.807, 2.05) is 6.07 Å². The van der Waals surface area contributed by atoms with E-state index >= 15 is 0 Å². The Balaban J connectivity index is 2.36. The van der Waals surface area contributed by atoms with Crippen LogP contribution in [0.15, 0.2) is 47.4 Å². The molecule has 7 heteroatoms. The van der Waals surface area contributed by atoms with Crippen molar-refractivity contribution in [2.24, 2.45) is 0 Å². The maximum absolute atomic E-state index is 12.2. The minimum atomic E-state index is -3.78. The minimum Gasteiger partial charge on any atom is -0.399 e. The van der Waals surface area contributed by atoms with E-state index in [0.29, 0.717) is 11.4 Å². The molecule has 0 fully saturated rings. The number of benzene rings is 2. The fourth-order valence-corrected chi connectivity index (χ4v) is 2.93. The first-order valence-corrected chi connectivity index (χ1v) is 7.36. The summed E-state index contributed by atoms with van der Waals surface area (Å²) in [5.41, 5.74) is 6.60. The molecular formula is C13H10ClN3O2S. The zero-order chi connectivity index (χ0) is 14.8. The topological polar surface area (TPSA) is 96.0 Å². The number of nitrogens with two attached hydrogens (primary N) is 1. The maximum atomic E-state index is 12.2. The number of anilines is 2. The van der Waals surface area contributed by atoms with Crippen LogP contribution >= 0.6 is 11.6 Å². The molecule has 0 aliphatic rings. The Morgan fingerprint density at radius 3 is 2.55 bits per heavy atom. The van der Waals surface area contributed by atoms with Gasteiger partial charge < -0.3 is 5.73 Å². The van der Waals surface area contributed by atoms with E-state index in [-0.39, 0.29) is 15.5 Å². The monoisotopic (exact) mass is 307 g/mol. The molecule has 0 radical (unpaired) electrons. The quantitative estimate of drug-likeness (QED) is 0.852. The van der Waals surface area contributed by atoms with Gasteiger partial charge in [-0.3, -0.25) is 4.72 Å². The summed E-state index contributed by atoms with van der Waals surface area (Å²) in [6, 6.07) is 12.1. The highest BCUT2D eigenvalue weighted by Crippen LogP contribution is 2.22. The number of hydrogen-bond acceptors (Lipinski definition) is 4. The second kappa shape index (κ2) is 5.41. The highest BCUT2D eigenvalue weighted by molar-refractivity contribution is 7.92. The van der Waals surface area contributed by atoms with Gasteiger partial charge in [0.2, 0.25) is 0 Å². The fraction of sp³-hybridized carbons (Fsp3) is 0. The van der Waals surface area contributed by atoms with Gasteiger partial charge in [0.15, 0.2) is 0 Å². The molecule has 0 heterocycles. The van der Waals surface area contributed by atoms with E-state index in [1.54, 1.807) is 18.2 Å². The Hall–Kier alpha value is -2.23. The van der Waals surface area contributed by atoms with Gasteiger partial charge in [0, 0.05) is 5.69 Å². The highest BCUT2D eigenvalue weighted by atomic mass is 35.5. The molecule has 2 rings (SSSR count). The Labute approximate surface area is 121 Å². The van der Waals surface area contributed by atoms with Crippen LogP contribution < -0.4 is 10.5 Å². The predicted octanol–water partition coefficient (Wildman–Crippen LogP) is 2.59. The lowest BCUT2D eigenvalue weighted by Gasteiger charge is -2.09. The van der Waals surface area contributed by atoms with Crippen LogP contribution in [-0.4, -0.2) is 8.42 Å². The minimum absolute atomic E-state index is 0.0241. The van der Waals surface area contributed by atoms with Gasteiger partial charge in [-0.2, -0.15) is 5.26 Å². The lowest BCUT2D eigenvalue weighted by atomic mass is 10.2. The van der Waals surface area contributed by atoms with E-state index in [2.05, 4.69) is 4.72 Å². The number of nitrogens with zero attached hydrogens (tertiary/aromatic N) is 1. The third-order valence-corrected chi connectivity index (χ3v) is 4.20. The van der Waals surface area contributed by atoms with Crippen LogP contribution in [0.25, 0.3) is 0 Å². The van der Waals surface area contributed by atoms with Gasteiger partial charge in [-0.15, -0.1) is 0 Å². The Bertz CT molecular complexity index is 798. The van der Waals surface area contributed by atoms with Crippen LogP contribution in [0, 0.1) is 11.3 Å². The normalized spacial score (nSPS) is 10.8. The first-order chi connectivity index (χ1) is 9.42. The van der Waals surface area contributed by atoms with Gasteiger partial charge in [-0.05, 0) is 36.4 Å². The number of nitrogen functional groups attached to an aromatic ring is 1. The molecule has 0 aliphatic carbocycles. The van der Waals surface area contributed by atoms with E-state index in [4.69, 9.17) is 22.6 Å². The van der Waals surface area contributed by atoms with E-state index in [0.717, 1.165) is 0 Å². The third kappa shape index (κ3) is 3.02. The lowest BCUT2D eigenvalue weighted by Crippen LogP contribution is -2.13. The first kappa shape index (κ1) is 14.2. The molecule has 2 aromatic rings. The molecule has 0 saturated carbocycles. The standard InChI is InChI=1S/C13H10ClN3O2S/c14-13-7-12(5-4-9(13)8-15)20(18,19)17-11-3-1-2-10(16)6-11/h1-7,17H,16H2. The van der Waals surface area contributed by atoms with Crippen LogP contribution in [0.2, 0.25) is 5.02 Å². The predicted molar refractivity (Wildman–Crippen MR) is 77.8 cm³/mol. The molecule has 0 saturated heterocycles. The van der Waals surface area contributed by atoms with E-state index in [1.165, 1.54) is 24.3 Å². The largest absolute Gasteiger partial charge is 0.399 e. The Morgan fingerprint density at radius 1 is 1.20 bits per heavy atom. The highest BCUT2D eigenvalue weighted by Gasteiger charge is 2.16. The third-order valence-electron chi connectivity index (χ3n) is 2.51. The van der Waals surface area contributed by atoms with Crippen molar-refractivity contribution in [2.45, 2.75) is 4.90 Å². The molecule has 0 amide bonds. The number of sulfonamides is 1. The van der Waals surface area contributed by atoms with Crippen molar-refractivity contribution in [1.29, 1.82) is 5.26 Å². The maximum Gasteiger partial charge on any atom is 0.261 e. The summed E-state index contributed by atoms with van der Waals surface area (Å²) in [6.07, 6.45) is 0. The summed E-state index contributed by atoms with van der Waals surface area (Å²) in [5.74, 6) is 0. The summed E-state index contributed by atoms with van der Waals surface area (Å²) >= 11 is 5.83. The van der Waals surface area contributed by atoms with Gasteiger partial charge in [0.25, 0.3) is 10.0 Å². The van der Waals surface area contributed by atoms with Crippen molar-refractivity contribution in [3.05, 3.63) is 53.1 Å². The smallest absolute Gasteiger partial charge is 0.261 e. The van der Waals surface area contributed by atoms with Crippen molar-refractivity contribution in [1.82, 2.24) is 0 Å². The molecular weight excluding hydrogens is 298 g/mol. The molecule has 0 atom stereocenters. The van der Waals surface area contributed by atoms with Gasteiger partial charge in [-0.1, -0.05) is 17.7 Å². The van der Waals surface area contributed by atoms with E-state index in [9.17, 15) is 8.42 Å². The molecule has 102 valence electrons. The van der Waals surface area contributed by atoms with Crippen LogP contribution in [0.5, 0.6) is 0 Å². The Morgan fingerprint density at radius 2 is 1.95 bits per heavy atom. The molecule has 0 bridgehead atoms. The van der Waals surface area contributed by atoms with Crippen LogP contribution in [-0.2, 0) is 10.0 Å². The molecule has 0 spiro atoms. The number of nitriles is 1. The van der Waals surface area contributed by atoms with Crippen molar-refractivity contribution in [3.63, 3.8) is 0 Å². The SMILES string of the molecule is N#Cc1ccc(S(=O)(=O)Nc2cccc(N)c2)cc1Cl. The summed E-state index contributed by atoms with van der Waals surface area (Å²) in [7, 11) is -3.78. The number of hydrogen-bond donors (Lipinski definition) is 2. The van der Waals surface area contributed by atoms with Gasteiger partial charge in [0.1, 0.15) is 6.07 Å². The van der Waals surface area contributed by atoms with Gasteiger partial charge >= 0.3 is 0 Å². The molecule has 0 unspecified atom stereocenters. The number of nitrogens with one attached hydrogen (secondary N) is 1. The van der Waals surface area contributed by atoms with Crippen molar-refractivity contribution < 1.29 is 8.42 Å². The molecule has 5 nitrogen and oxygen atoms in total. The molecule has 2 aromatic carbocycles. The molecule has 0 aliphatic heterocycles. The Kier molecular flexibility index (Phi) is 3.84. The van der Waals surface area contributed by atoms with Crippen LogP contribution in [0.3, 0.4) is 0 Å². The number of rotatable bonds is 3. The first-order valence-electron chi connectivity index (χ1n) is 5.50. The van der Waals surface area contributed by atoms with Crippen molar-refractivity contribution >= 4 is 33.0 Å². The summed E-state index contributed by atoms with van der Waals surface area (Å²) in [6.45, 7) is 0. The fourth-order valence-electron chi connectivity index (χ4n) is 1.57. The second-order valence-electron chi connectivity index (χ2n) is 3.98. The molecule has 3 N–H and O–H groups in total. The zero-order valence-corrected chi connectivity index (χ0v) is 11.7. The summed E-state index contributed by atoms with van der Waals surface area (Å²) in [5, 5.41) is 8.85. The zero-order valence-electron chi connectivity index (χ0n) is 10.2. The second-order valence-corrected chi connectivity index (χ2v) is 6.07. The average molecular weight is 308 g/mol. The van der Waals surface area contributed by atoms with Crippen LogP contribution in [0.1, 0.15) is 5.56 Å². The summed E-state index contributed by atoms with van der Waals surface area (Å²) in [4.78, 5) is -0.0241. The van der Waals surface area contributed by atoms with Gasteiger partial charge in [-0.25, -0.2) is 8.42 Å². The lowest BCUT2D eigenvalue weighted by molar-refractivity contribution is 0.601. The number of halogens is 1. The molecule has 0 aromatic heterocycles. The summed E-state index contributed by atoms with van der Waals surface area (Å²) < 4.78 is 26.7. The molecule has 20 heavy (non-hydrogen) atoms. The van der Waals surface area contributed by atoms with Crippen molar-refractivity contribution in [3.8, 4) is 6.07 Å². The van der Waals surface area contributed by atoms with Gasteiger partial charge in [0.05, 0.1) is 21.2 Å².